The third-order valence-electron chi connectivity index (χ3n) is 1.98. The summed E-state index contributed by atoms with van der Waals surface area (Å²) in [5.74, 6) is 0.199. The molecule has 0 bridgehead atoms. The molecule has 1 rings (SSSR count). The summed E-state index contributed by atoms with van der Waals surface area (Å²) in [5.41, 5.74) is 0. The molecular formula is C6H13NO2. The molecule has 3 atom stereocenters. The van der Waals surface area contributed by atoms with Crippen molar-refractivity contribution in [2.75, 3.05) is 7.05 Å². The summed E-state index contributed by atoms with van der Waals surface area (Å²) in [4.78, 5) is 1.57. The average Bonchev–Trinajstić information content (AvgIpc) is 1.98. The summed E-state index contributed by atoms with van der Waals surface area (Å²) >= 11 is 0. The summed E-state index contributed by atoms with van der Waals surface area (Å²) in [7, 11) is 1.72. The van der Waals surface area contributed by atoms with Gasteiger partial charge in [-0.25, -0.2) is 0 Å². The lowest BCUT2D eigenvalue weighted by Crippen LogP contribution is -2.32. The molecule has 9 heavy (non-hydrogen) atoms. The van der Waals surface area contributed by atoms with Gasteiger partial charge in [0.15, 0.2) is 0 Å². The second-order valence-electron chi connectivity index (χ2n) is 2.77. The molecule has 0 aromatic heterocycles. The lowest BCUT2D eigenvalue weighted by atomic mass is 10.1. The molecule has 0 saturated carbocycles. The minimum atomic E-state index is -0.458. The van der Waals surface area contributed by atoms with Gasteiger partial charge in [0, 0.05) is 0 Å². The Labute approximate surface area is 54.9 Å². The van der Waals surface area contributed by atoms with E-state index in [0.717, 1.165) is 0 Å². The number of hydrogen-bond acceptors (Lipinski definition) is 3. The van der Waals surface area contributed by atoms with Gasteiger partial charge in [-0.1, -0.05) is 6.92 Å². The van der Waals surface area contributed by atoms with Crippen molar-refractivity contribution in [3.63, 3.8) is 0 Å². The summed E-state index contributed by atoms with van der Waals surface area (Å²) in [6.45, 7) is 1.93. The quantitative estimate of drug-likeness (QED) is 0.470. The van der Waals surface area contributed by atoms with E-state index >= 15 is 0 Å². The van der Waals surface area contributed by atoms with Crippen molar-refractivity contribution in [3.8, 4) is 0 Å². The van der Waals surface area contributed by atoms with Crippen LogP contribution in [0.1, 0.15) is 13.3 Å². The number of likely N-dealkylation sites (tertiary alicyclic amines) is 1. The predicted molar refractivity (Wildman–Crippen MR) is 33.6 cm³/mol. The van der Waals surface area contributed by atoms with Crippen LogP contribution in [0.3, 0.4) is 0 Å². The maximum absolute atomic E-state index is 9.20. The van der Waals surface area contributed by atoms with Crippen molar-refractivity contribution in [3.05, 3.63) is 0 Å². The zero-order valence-corrected chi connectivity index (χ0v) is 5.78. The highest BCUT2D eigenvalue weighted by Gasteiger charge is 2.33. The first-order chi connectivity index (χ1) is 4.13. The third-order valence-corrected chi connectivity index (χ3v) is 1.98. The van der Waals surface area contributed by atoms with E-state index in [1.807, 2.05) is 6.92 Å². The van der Waals surface area contributed by atoms with Crippen molar-refractivity contribution in [2.45, 2.75) is 25.8 Å². The molecule has 1 aliphatic rings. The smallest absolute Gasteiger partial charge is 0.111 e. The molecule has 0 amide bonds. The van der Waals surface area contributed by atoms with Crippen LogP contribution in [0.5, 0.6) is 0 Å². The molecular weight excluding hydrogens is 118 g/mol. The Hall–Kier alpha value is -0.120. The molecule has 3 unspecified atom stereocenters. The van der Waals surface area contributed by atoms with Gasteiger partial charge in [0.25, 0.3) is 0 Å². The Morgan fingerprint density at radius 3 is 2.11 bits per heavy atom. The minimum absolute atomic E-state index is 0.199. The first kappa shape index (κ1) is 6.99. The van der Waals surface area contributed by atoms with Crippen molar-refractivity contribution in [2.24, 2.45) is 5.92 Å². The Morgan fingerprint density at radius 1 is 1.44 bits per heavy atom. The van der Waals surface area contributed by atoms with Crippen LogP contribution in [-0.2, 0) is 0 Å². The summed E-state index contributed by atoms with van der Waals surface area (Å²) in [6, 6.07) is 0. The maximum Gasteiger partial charge on any atom is 0.111 e. The van der Waals surface area contributed by atoms with Crippen LogP contribution in [0.2, 0.25) is 0 Å². The predicted octanol–water partition coefficient (Wildman–Crippen LogP) is -0.405. The topological polar surface area (TPSA) is 43.7 Å². The molecule has 0 aliphatic carbocycles. The fourth-order valence-corrected chi connectivity index (χ4v) is 1.20. The first-order valence-corrected chi connectivity index (χ1v) is 3.21. The standard InChI is InChI=1S/C6H13NO2/c1-4-3-5(8)7(2)6(4)9/h4-6,8-9H,3H2,1-2H3. The van der Waals surface area contributed by atoms with E-state index in [9.17, 15) is 5.11 Å². The number of hydrogen-bond donors (Lipinski definition) is 2. The molecule has 0 aromatic carbocycles. The molecule has 0 radical (unpaired) electrons. The van der Waals surface area contributed by atoms with Gasteiger partial charge in [-0.15, -0.1) is 0 Å². The van der Waals surface area contributed by atoms with Crippen molar-refractivity contribution in [1.29, 1.82) is 0 Å². The van der Waals surface area contributed by atoms with Crippen LogP contribution in [0.4, 0.5) is 0 Å². The number of aliphatic hydroxyl groups is 2. The maximum atomic E-state index is 9.20. The van der Waals surface area contributed by atoms with Crippen molar-refractivity contribution in [1.82, 2.24) is 4.90 Å². The van der Waals surface area contributed by atoms with E-state index < -0.39 is 12.5 Å². The Bertz CT molecular complexity index is 95.2. The second-order valence-corrected chi connectivity index (χ2v) is 2.77. The van der Waals surface area contributed by atoms with Gasteiger partial charge in [-0.2, -0.15) is 0 Å². The highest BCUT2D eigenvalue weighted by atomic mass is 16.3. The SMILES string of the molecule is CC1CC(O)N(C)C1O. The Kier molecular flexibility index (Phi) is 1.75. The largest absolute Gasteiger partial charge is 0.378 e. The van der Waals surface area contributed by atoms with Gasteiger partial charge in [0.2, 0.25) is 0 Å². The van der Waals surface area contributed by atoms with Crippen molar-refractivity contribution < 1.29 is 10.2 Å². The van der Waals surface area contributed by atoms with Crippen LogP contribution >= 0.6 is 0 Å². The lowest BCUT2D eigenvalue weighted by molar-refractivity contribution is -0.0420. The molecule has 3 heteroatoms. The number of rotatable bonds is 0. The van der Waals surface area contributed by atoms with E-state index in [0.29, 0.717) is 6.42 Å². The first-order valence-electron chi connectivity index (χ1n) is 3.21. The van der Waals surface area contributed by atoms with Gasteiger partial charge in [0.1, 0.15) is 12.5 Å². The number of aliphatic hydroxyl groups excluding tert-OH is 2. The molecule has 1 heterocycles. The molecule has 1 fully saturated rings. The highest BCUT2D eigenvalue weighted by molar-refractivity contribution is 4.76. The van der Waals surface area contributed by atoms with E-state index in [1.54, 1.807) is 11.9 Å². The Morgan fingerprint density at radius 2 is 2.00 bits per heavy atom. The normalized spacial score (nSPS) is 46.0. The van der Waals surface area contributed by atoms with E-state index in [1.165, 1.54) is 0 Å². The molecule has 1 aliphatic heterocycles. The molecule has 0 aromatic rings. The summed E-state index contributed by atoms with van der Waals surface area (Å²) in [6.07, 6.45) is -0.229. The highest BCUT2D eigenvalue weighted by Crippen LogP contribution is 2.23. The summed E-state index contributed by atoms with van der Waals surface area (Å²) in [5, 5.41) is 18.3. The van der Waals surface area contributed by atoms with Gasteiger partial charge < -0.3 is 10.2 Å². The van der Waals surface area contributed by atoms with E-state index in [2.05, 4.69) is 0 Å². The fraction of sp³-hybridized carbons (Fsp3) is 1.00. The van der Waals surface area contributed by atoms with Gasteiger partial charge in [0.05, 0.1) is 0 Å². The third kappa shape index (κ3) is 1.08. The molecule has 54 valence electrons. The van der Waals surface area contributed by atoms with E-state index in [4.69, 9.17) is 5.11 Å². The van der Waals surface area contributed by atoms with Crippen molar-refractivity contribution >= 4 is 0 Å². The molecule has 3 nitrogen and oxygen atoms in total. The molecule has 1 saturated heterocycles. The summed E-state index contributed by atoms with van der Waals surface area (Å²) < 4.78 is 0. The molecule has 2 N–H and O–H groups in total. The zero-order chi connectivity index (χ0) is 7.02. The van der Waals surface area contributed by atoms with Crippen LogP contribution < -0.4 is 0 Å². The fourth-order valence-electron chi connectivity index (χ4n) is 1.20. The van der Waals surface area contributed by atoms with Crippen LogP contribution in [0, 0.1) is 5.92 Å². The lowest BCUT2D eigenvalue weighted by Gasteiger charge is -2.17. The van der Waals surface area contributed by atoms with Gasteiger partial charge >= 0.3 is 0 Å². The zero-order valence-electron chi connectivity index (χ0n) is 5.78. The second kappa shape index (κ2) is 2.25. The van der Waals surface area contributed by atoms with Crippen LogP contribution in [-0.4, -0.2) is 34.6 Å². The average molecular weight is 131 g/mol. The van der Waals surface area contributed by atoms with Gasteiger partial charge in [-0.05, 0) is 19.4 Å². The van der Waals surface area contributed by atoms with Crippen LogP contribution in [0.25, 0.3) is 0 Å². The molecule has 0 spiro atoms. The van der Waals surface area contributed by atoms with Crippen LogP contribution in [0.15, 0.2) is 0 Å². The Balaban J connectivity index is 2.54. The minimum Gasteiger partial charge on any atom is -0.378 e. The monoisotopic (exact) mass is 131 g/mol. The van der Waals surface area contributed by atoms with E-state index in [-0.39, 0.29) is 5.92 Å². The van der Waals surface area contributed by atoms with Gasteiger partial charge in [-0.3, -0.25) is 4.90 Å². The number of nitrogens with zero attached hydrogens (tertiary/aromatic N) is 1.